The predicted octanol–water partition coefficient (Wildman–Crippen LogP) is 4.29. The average molecular weight is 612 g/mol. The number of amides is 3. The molecule has 2 N–H and O–H groups in total. The van der Waals surface area contributed by atoms with Crippen LogP contribution in [0.2, 0.25) is 5.02 Å². The maximum Gasteiger partial charge on any atom is 0.260 e. The monoisotopic (exact) mass is 611 g/mol. The summed E-state index contributed by atoms with van der Waals surface area (Å²) in [7, 11) is 0. The lowest BCUT2D eigenvalue weighted by molar-refractivity contribution is -0.133. The Kier molecular flexibility index (Phi) is 7.89. The summed E-state index contributed by atoms with van der Waals surface area (Å²) in [6.07, 6.45) is -0.387. The molecule has 3 atom stereocenters. The van der Waals surface area contributed by atoms with Gasteiger partial charge in [-0.1, -0.05) is 35.9 Å². The number of benzene rings is 2. The molecule has 1 saturated heterocycles. The van der Waals surface area contributed by atoms with Gasteiger partial charge in [0.05, 0.1) is 11.6 Å². The first-order valence-corrected chi connectivity index (χ1v) is 13.6. The standard InChI is InChI=1S/C30H25ClF3N5O4/c1-29(43)15-23(39(28(29)42)24-11-17(16-35)9-10-36-24)27(41)38(20-6-4-5-18(32)12-20)25(21-7-2-3-8-22(21)31)26(40)37-19-13-30(33,34)14-19/h2-12,19,23,25,43H,13-15H2,1H3,(H,37,40)/t23-,25+,29?/m0/s1. The Balaban J connectivity index is 1.65. The van der Waals surface area contributed by atoms with E-state index in [1.807, 2.05) is 6.07 Å². The SMILES string of the molecule is CC1(O)C[C@@H](C(=O)N(c2cccc(F)c2)[C@@H](C(=O)NC2CC(F)(F)C2)c2ccccc2Cl)N(c2cc(C#N)ccn2)C1=O. The van der Waals surface area contributed by atoms with Gasteiger partial charge in [-0.05, 0) is 43.3 Å². The van der Waals surface area contributed by atoms with Crippen molar-refractivity contribution in [2.45, 2.75) is 55.8 Å². The van der Waals surface area contributed by atoms with Crippen LogP contribution in [0.25, 0.3) is 0 Å². The molecule has 0 radical (unpaired) electrons. The molecule has 13 heteroatoms. The number of carbonyl (C=O) groups is 3. The van der Waals surface area contributed by atoms with E-state index >= 15 is 0 Å². The minimum absolute atomic E-state index is 0.0607. The van der Waals surface area contributed by atoms with Gasteiger partial charge in [-0.3, -0.25) is 24.2 Å². The highest BCUT2D eigenvalue weighted by molar-refractivity contribution is 6.31. The lowest BCUT2D eigenvalue weighted by Gasteiger charge is -2.39. The third kappa shape index (κ3) is 5.91. The first-order valence-electron chi connectivity index (χ1n) is 13.2. The predicted molar refractivity (Wildman–Crippen MR) is 150 cm³/mol. The van der Waals surface area contributed by atoms with Crippen molar-refractivity contribution >= 4 is 40.8 Å². The highest BCUT2D eigenvalue weighted by atomic mass is 35.5. The van der Waals surface area contributed by atoms with E-state index in [4.69, 9.17) is 11.6 Å². The summed E-state index contributed by atoms with van der Waals surface area (Å²) < 4.78 is 41.8. The Morgan fingerprint density at radius 2 is 1.88 bits per heavy atom. The number of carbonyl (C=O) groups excluding carboxylic acids is 3. The van der Waals surface area contributed by atoms with Gasteiger partial charge in [-0.25, -0.2) is 18.2 Å². The molecular weight excluding hydrogens is 587 g/mol. The Bertz CT molecular complexity index is 1640. The van der Waals surface area contributed by atoms with E-state index in [2.05, 4.69) is 10.3 Å². The second kappa shape index (κ2) is 11.3. The molecule has 0 spiro atoms. The zero-order valence-electron chi connectivity index (χ0n) is 22.7. The average Bonchev–Trinajstić information content (AvgIpc) is 3.19. The zero-order chi connectivity index (χ0) is 31.1. The van der Waals surface area contributed by atoms with E-state index in [0.717, 1.165) is 21.9 Å². The van der Waals surface area contributed by atoms with Crippen LogP contribution in [0.3, 0.4) is 0 Å². The summed E-state index contributed by atoms with van der Waals surface area (Å²) in [6.45, 7) is 1.21. The number of pyridine rings is 1. The van der Waals surface area contributed by atoms with Gasteiger partial charge >= 0.3 is 0 Å². The van der Waals surface area contributed by atoms with Gasteiger partial charge in [0.1, 0.15) is 29.3 Å². The molecule has 2 fully saturated rings. The van der Waals surface area contributed by atoms with Gasteiger partial charge < -0.3 is 10.4 Å². The summed E-state index contributed by atoms with van der Waals surface area (Å²) >= 11 is 6.49. The molecule has 2 aliphatic rings. The number of halogens is 4. The second-order valence-corrected chi connectivity index (χ2v) is 11.2. The van der Waals surface area contributed by atoms with E-state index < -0.39 is 72.5 Å². The maximum absolute atomic E-state index is 14.6. The third-order valence-electron chi connectivity index (χ3n) is 7.46. The van der Waals surface area contributed by atoms with Crippen LogP contribution in [0.4, 0.5) is 24.7 Å². The fraction of sp³-hybridized carbons (Fsp3) is 0.300. The van der Waals surface area contributed by atoms with Crippen LogP contribution in [0, 0.1) is 17.1 Å². The number of nitrogens with zero attached hydrogens (tertiary/aromatic N) is 4. The van der Waals surface area contributed by atoms with Crippen molar-refractivity contribution in [3.8, 4) is 6.07 Å². The first-order chi connectivity index (χ1) is 20.3. The number of anilines is 2. The molecule has 1 unspecified atom stereocenters. The summed E-state index contributed by atoms with van der Waals surface area (Å²) in [4.78, 5) is 47.9. The van der Waals surface area contributed by atoms with E-state index in [-0.39, 0.29) is 27.7 Å². The van der Waals surface area contributed by atoms with Crippen LogP contribution in [0.1, 0.15) is 43.4 Å². The van der Waals surface area contributed by atoms with Gasteiger partial charge in [-0.15, -0.1) is 0 Å². The van der Waals surface area contributed by atoms with Crippen molar-refractivity contribution < 1.29 is 32.7 Å². The van der Waals surface area contributed by atoms with Crippen molar-refractivity contribution in [1.29, 1.82) is 5.26 Å². The molecule has 3 aromatic rings. The summed E-state index contributed by atoms with van der Waals surface area (Å²) in [6, 6.07) is 11.5. The van der Waals surface area contributed by atoms with Crippen LogP contribution in [0.15, 0.2) is 66.9 Å². The van der Waals surface area contributed by atoms with Crippen molar-refractivity contribution in [3.63, 3.8) is 0 Å². The van der Waals surface area contributed by atoms with Crippen molar-refractivity contribution in [2.75, 3.05) is 9.80 Å². The molecule has 1 aromatic heterocycles. The Labute approximate surface area is 249 Å². The summed E-state index contributed by atoms with van der Waals surface area (Å²) in [5.74, 6) is -6.46. The number of nitriles is 1. The Morgan fingerprint density at radius 3 is 2.53 bits per heavy atom. The number of rotatable bonds is 7. The van der Waals surface area contributed by atoms with E-state index in [0.29, 0.717) is 0 Å². The molecule has 0 bridgehead atoms. The number of aromatic nitrogens is 1. The van der Waals surface area contributed by atoms with Gasteiger partial charge in [0.2, 0.25) is 5.91 Å². The lowest BCUT2D eigenvalue weighted by atomic mass is 9.87. The zero-order valence-corrected chi connectivity index (χ0v) is 23.4. The first kappa shape index (κ1) is 30.0. The molecule has 2 aromatic carbocycles. The molecule has 43 heavy (non-hydrogen) atoms. The van der Waals surface area contributed by atoms with Crippen LogP contribution in [-0.4, -0.2) is 51.4 Å². The van der Waals surface area contributed by atoms with Gasteiger partial charge in [0.15, 0.2) is 0 Å². The minimum atomic E-state index is -2.95. The quantitative estimate of drug-likeness (QED) is 0.410. The molecular formula is C30H25ClF3N5O4. The summed E-state index contributed by atoms with van der Waals surface area (Å²) in [5.41, 5.74) is -1.90. The van der Waals surface area contributed by atoms with Crippen molar-refractivity contribution in [2.24, 2.45) is 0 Å². The molecule has 5 rings (SSSR count). The van der Waals surface area contributed by atoms with E-state index in [9.17, 15) is 37.9 Å². The van der Waals surface area contributed by atoms with Crippen LogP contribution in [-0.2, 0) is 14.4 Å². The number of hydrogen-bond acceptors (Lipinski definition) is 6. The number of aliphatic hydroxyl groups is 1. The van der Waals surface area contributed by atoms with Crippen LogP contribution in [0.5, 0.6) is 0 Å². The smallest absolute Gasteiger partial charge is 0.260 e. The second-order valence-electron chi connectivity index (χ2n) is 10.8. The number of alkyl halides is 2. The molecule has 1 aliphatic heterocycles. The number of hydrogen-bond donors (Lipinski definition) is 2. The van der Waals surface area contributed by atoms with Gasteiger partial charge in [-0.2, -0.15) is 5.26 Å². The van der Waals surface area contributed by atoms with Crippen LogP contribution >= 0.6 is 11.6 Å². The topological polar surface area (TPSA) is 127 Å². The molecule has 222 valence electrons. The number of nitrogens with one attached hydrogen (secondary N) is 1. The van der Waals surface area contributed by atoms with E-state index in [1.54, 1.807) is 12.1 Å². The van der Waals surface area contributed by atoms with Crippen molar-refractivity contribution in [3.05, 3.63) is 88.8 Å². The van der Waals surface area contributed by atoms with Gasteiger partial charge in [0.25, 0.3) is 17.7 Å². The third-order valence-corrected chi connectivity index (χ3v) is 7.80. The summed E-state index contributed by atoms with van der Waals surface area (Å²) in [5, 5.41) is 23.0. The largest absolute Gasteiger partial charge is 0.380 e. The Hall–Kier alpha value is -4.47. The minimum Gasteiger partial charge on any atom is -0.380 e. The Morgan fingerprint density at radius 1 is 1.16 bits per heavy atom. The molecule has 2 heterocycles. The highest BCUT2D eigenvalue weighted by Crippen LogP contribution is 2.40. The van der Waals surface area contributed by atoms with Crippen molar-refractivity contribution in [1.82, 2.24) is 10.3 Å². The molecule has 1 aliphatic carbocycles. The lowest BCUT2D eigenvalue weighted by Crippen LogP contribution is -2.56. The molecule has 1 saturated carbocycles. The van der Waals surface area contributed by atoms with E-state index in [1.165, 1.54) is 49.5 Å². The van der Waals surface area contributed by atoms with Gasteiger partial charge in [0, 0.05) is 47.8 Å². The molecule has 9 nitrogen and oxygen atoms in total. The fourth-order valence-corrected chi connectivity index (χ4v) is 5.60. The highest BCUT2D eigenvalue weighted by Gasteiger charge is 2.54. The fourth-order valence-electron chi connectivity index (χ4n) is 5.37. The maximum atomic E-state index is 14.6. The normalized spacial score (nSPS) is 21.9. The molecule has 3 amide bonds. The van der Waals surface area contributed by atoms with Crippen LogP contribution < -0.4 is 15.1 Å².